The van der Waals surface area contributed by atoms with Crippen molar-refractivity contribution in [3.05, 3.63) is 29.3 Å². The Morgan fingerprint density at radius 3 is 2.21 bits per heavy atom. The van der Waals surface area contributed by atoms with Crippen LogP contribution in [-0.4, -0.2) is 55.9 Å². The first-order valence-corrected chi connectivity index (χ1v) is 8.54. The molecule has 1 aromatic rings. The molecule has 0 aromatic heterocycles. The monoisotopic (exact) mass is 336 g/mol. The van der Waals surface area contributed by atoms with Crippen LogP contribution in [0.15, 0.2) is 18.2 Å². The number of aliphatic hydroxyl groups excluding tert-OH is 1. The predicted octanol–water partition coefficient (Wildman–Crippen LogP) is 2.81. The summed E-state index contributed by atoms with van der Waals surface area (Å²) in [4.78, 5) is 14.2. The molecule has 0 bridgehead atoms. The van der Waals surface area contributed by atoms with Crippen LogP contribution in [0.1, 0.15) is 50.7 Å². The van der Waals surface area contributed by atoms with E-state index >= 15 is 0 Å². The van der Waals surface area contributed by atoms with Gasteiger partial charge in [-0.3, -0.25) is 9.69 Å². The summed E-state index contributed by atoms with van der Waals surface area (Å²) in [5, 5.41) is 12.8. The average Bonchev–Trinajstić information content (AvgIpc) is 2.46. The zero-order chi connectivity index (χ0) is 18.3. The molecule has 136 valence electrons. The average molecular weight is 336 g/mol. The van der Waals surface area contributed by atoms with E-state index < -0.39 is 6.10 Å². The van der Waals surface area contributed by atoms with Crippen LogP contribution < -0.4 is 5.32 Å². The Morgan fingerprint density at radius 2 is 1.75 bits per heavy atom. The summed E-state index contributed by atoms with van der Waals surface area (Å²) in [6.45, 7) is 9.39. The number of nitrogens with zero attached hydrogens (tertiary/aromatic N) is 1. The van der Waals surface area contributed by atoms with Gasteiger partial charge in [0.15, 0.2) is 0 Å². The first-order chi connectivity index (χ1) is 11.3. The molecule has 1 rings (SSSR count). The van der Waals surface area contributed by atoms with Crippen molar-refractivity contribution in [2.75, 3.05) is 39.2 Å². The van der Waals surface area contributed by atoms with Gasteiger partial charge in [0.1, 0.15) is 0 Å². The van der Waals surface area contributed by atoms with Crippen LogP contribution in [0.5, 0.6) is 0 Å². The van der Waals surface area contributed by atoms with Gasteiger partial charge in [-0.1, -0.05) is 45.9 Å². The number of rotatable bonds is 9. The third-order valence-corrected chi connectivity index (χ3v) is 3.93. The number of anilines is 1. The van der Waals surface area contributed by atoms with Crippen LogP contribution in [0.4, 0.5) is 5.69 Å². The first kappa shape index (κ1) is 20.6. The van der Waals surface area contributed by atoms with Crippen molar-refractivity contribution in [1.82, 2.24) is 4.90 Å². The molecule has 0 saturated heterocycles. The van der Waals surface area contributed by atoms with Gasteiger partial charge in [-0.05, 0) is 30.0 Å². The van der Waals surface area contributed by atoms with Crippen molar-refractivity contribution < 1.29 is 14.6 Å². The summed E-state index contributed by atoms with van der Waals surface area (Å²) < 4.78 is 4.91. The van der Waals surface area contributed by atoms with E-state index in [1.807, 2.05) is 13.1 Å². The highest BCUT2D eigenvalue weighted by Gasteiger charge is 2.17. The minimum atomic E-state index is -0.595. The molecule has 24 heavy (non-hydrogen) atoms. The molecule has 0 saturated carbocycles. The van der Waals surface area contributed by atoms with E-state index in [9.17, 15) is 9.90 Å². The van der Waals surface area contributed by atoms with Crippen molar-refractivity contribution in [2.45, 2.75) is 45.6 Å². The maximum absolute atomic E-state index is 12.4. The van der Waals surface area contributed by atoms with Crippen molar-refractivity contribution in [3.63, 3.8) is 0 Å². The van der Waals surface area contributed by atoms with Gasteiger partial charge in [0.25, 0.3) is 0 Å². The zero-order valence-corrected chi connectivity index (χ0v) is 15.8. The van der Waals surface area contributed by atoms with Gasteiger partial charge < -0.3 is 15.2 Å². The first-order valence-electron chi connectivity index (χ1n) is 8.54. The SMILES string of the molecule is COCC(O)CN(C)CC(=O)Nc1c(C(C)C)cccc1C(C)C. The Bertz CT molecular complexity index is 503. The van der Waals surface area contributed by atoms with Crippen molar-refractivity contribution in [1.29, 1.82) is 0 Å². The number of nitrogens with one attached hydrogen (secondary N) is 1. The molecule has 1 atom stereocenters. The molecule has 1 aromatic carbocycles. The number of ether oxygens (including phenoxy) is 1. The number of carbonyl (C=O) groups is 1. The highest BCUT2D eigenvalue weighted by molar-refractivity contribution is 5.94. The minimum Gasteiger partial charge on any atom is -0.389 e. The standard InChI is InChI=1S/C19H32N2O3/c1-13(2)16-8-7-9-17(14(3)4)19(16)20-18(23)11-21(5)10-15(22)12-24-6/h7-9,13-15,22H,10-12H2,1-6H3,(H,20,23). The lowest BCUT2D eigenvalue weighted by atomic mass is 9.92. The largest absolute Gasteiger partial charge is 0.389 e. The fourth-order valence-electron chi connectivity index (χ4n) is 2.79. The quantitative estimate of drug-likeness (QED) is 0.728. The second kappa shape index (κ2) is 9.77. The van der Waals surface area contributed by atoms with Gasteiger partial charge in [-0.2, -0.15) is 0 Å². The minimum absolute atomic E-state index is 0.0721. The predicted molar refractivity (Wildman–Crippen MR) is 98.6 cm³/mol. The topological polar surface area (TPSA) is 61.8 Å². The lowest BCUT2D eigenvalue weighted by Crippen LogP contribution is -2.37. The number of aliphatic hydroxyl groups is 1. The second-order valence-electron chi connectivity index (χ2n) is 6.97. The summed E-state index contributed by atoms with van der Waals surface area (Å²) in [7, 11) is 3.36. The Balaban J connectivity index is 2.82. The van der Waals surface area contributed by atoms with E-state index in [2.05, 4.69) is 45.1 Å². The van der Waals surface area contributed by atoms with Crippen LogP contribution >= 0.6 is 0 Å². The molecule has 0 fully saturated rings. The van der Waals surface area contributed by atoms with E-state index in [-0.39, 0.29) is 19.1 Å². The Morgan fingerprint density at radius 1 is 1.21 bits per heavy atom. The van der Waals surface area contributed by atoms with Gasteiger partial charge >= 0.3 is 0 Å². The summed E-state index contributed by atoms with van der Waals surface area (Å²) in [6.07, 6.45) is -0.595. The van der Waals surface area contributed by atoms with E-state index in [0.29, 0.717) is 18.4 Å². The van der Waals surface area contributed by atoms with Crippen molar-refractivity contribution >= 4 is 11.6 Å². The fraction of sp³-hybridized carbons (Fsp3) is 0.632. The Hall–Kier alpha value is -1.43. The molecule has 0 aliphatic carbocycles. The maximum atomic E-state index is 12.4. The van der Waals surface area contributed by atoms with Crippen LogP contribution in [0, 0.1) is 0 Å². The molecule has 0 aliphatic heterocycles. The molecule has 0 radical (unpaired) electrons. The molecule has 0 spiro atoms. The molecule has 2 N–H and O–H groups in total. The number of hydrogen-bond acceptors (Lipinski definition) is 4. The highest BCUT2D eigenvalue weighted by Crippen LogP contribution is 2.32. The van der Waals surface area contributed by atoms with Crippen LogP contribution in [0.3, 0.4) is 0 Å². The molecule has 0 heterocycles. The van der Waals surface area contributed by atoms with Gasteiger partial charge in [0, 0.05) is 19.3 Å². The normalized spacial score (nSPS) is 12.9. The maximum Gasteiger partial charge on any atom is 0.238 e. The smallest absolute Gasteiger partial charge is 0.238 e. The van der Waals surface area contributed by atoms with Gasteiger partial charge in [0.05, 0.1) is 19.3 Å². The number of para-hydroxylation sites is 1. The number of likely N-dealkylation sites (N-methyl/N-ethyl adjacent to an activating group) is 1. The summed E-state index contributed by atoms with van der Waals surface area (Å²) >= 11 is 0. The third-order valence-electron chi connectivity index (χ3n) is 3.93. The lowest BCUT2D eigenvalue weighted by Gasteiger charge is -2.23. The van der Waals surface area contributed by atoms with E-state index in [4.69, 9.17) is 4.74 Å². The molecule has 5 nitrogen and oxygen atoms in total. The number of benzene rings is 1. The highest BCUT2D eigenvalue weighted by atomic mass is 16.5. The number of hydrogen-bond donors (Lipinski definition) is 2. The molecular formula is C19H32N2O3. The van der Waals surface area contributed by atoms with Crippen molar-refractivity contribution in [2.24, 2.45) is 0 Å². The zero-order valence-electron chi connectivity index (χ0n) is 15.8. The molecule has 5 heteroatoms. The molecule has 0 aliphatic rings. The van der Waals surface area contributed by atoms with Crippen LogP contribution in [0.25, 0.3) is 0 Å². The van der Waals surface area contributed by atoms with Gasteiger partial charge in [0.2, 0.25) is 5.91 Å². The van der Waals surface area contributed by atoms with Crippen LogP contribution in [0.2, 0.25) is 0 Å². The van der Waals surface area contributed by atoms with E-state index in [1.54, 1.807) is 12.0 Å². The molecule has 1 amide bonds. The number of carbonyl (C=O) groups excluding carboxylic acids is 1. The number of amides is 1. The van der Waals surface area contributed by atoms with Crippen LogP contribution in [-0.2, 0) is 9.53 Å². The third kappa shape index (κ3) is 6.23. The van der Waals surface area contributed by atoms with E-state index in [1.165, 1.54) is 0 Å². The Labute approximate surface area is 146 Å². The summed E-state index contributed by atoms with van der Waals surface area (Å²) in [5.74, 6) is 0.595. The number of methoxy groups -OCH3 is 1. The lowest BCUT2D eigenvalue weighted by molar-refractivity contribution is -0.117. The Kier molecular flexibility index (Phi) is 8.39. The summed E-state index contributed by atoms with van der Waals surface area (Å²) in [5.41, 5.74) is 3.23. The van der Waals surface area contributed by atoms with Gasteiger partial charge in [-0.15, -0.1) is 0 Å². The summed E-state index contributed by atoms with van der Waals surface area (Å²) in [6, 6.07) is 6.18. The van der Waals surface area contributed by atoms with Gasteiger partial charge in [-0.25, -0.2) is 0 Å². The second-order valence-corrected chi connectivity index (χ2v) is 6.97. The van der Waals surface area contributed by atoms with E-state index in [0.717, 1.165) is 16.8 Å². The molecular weight excluding hydrogens is 304 g/mol. The molecule has 1 unspecified atom stereocenters. The fourth-order valence-corrected chi connectivity index (χ4v) is 2.79. The van der Waals surface area contributed by atoms with Crippen molar-refractivity contribution in [3.8, 4) is 0 Å².